The minimum atomic E-state index is -0.226. The summed E-state index contributed by atoms with van der Waals surface area (Å²) >= 11 is 0. The van der Waals surface area contributed by atoms with Crippen molar-refractivity contribution in [1.82, 2.24) is 25.7 Å². The molecule has 2 aromatic rings. The van der Waals surface area contributed by atoms with Crippen molar-refractivity contribution >= 4 is 11.8 Å². The molecular weight excluding hydrogens is 338 g/mol. The van der Waals surface area contributed by atoms with Crippen molar-refractivity contribution < 1.29 is 18.4 Å². The molecule has 2 amide bonds. The van der Waals surface area contributed by atoms with Crippen molar-refractivity contribution in [2.45, 2.75) is 33.2 Å². The van der Waals surface area contributed by atoms with E-state index in [4.69, 9.17) is 8.83 Å². The zero-order valence-corrected chi connectivity index (χ0v) is 15.2. The Hall–Kier alpha value is -2.68. The molecule has 0 aliphatic heterocycles. The van der Waals surface area contributed by atoms with Gasteiger partial charge in [0.25, 0.3) is 5.89 Å². The summed E-state index contributed by atoms with van der Waals surface area (Å²) in [6, 6.07) is 3.47. The fourth-order valence-corrected chi connectivity index (χ4v) is 2.30. The first-order valence-corrected chi connectivity index (χ1v) is 8.74. The summed E-state index contributed by atoms with van der Waals surface area (Å²) in [5.74, 6) is 0.788. The van der Waals surface area contributed by atoms with E-state index < -0.39 is 0 Å². The average Bonchev–Trinajstić information content (AvgIpc) is 3.29. The summed E-state index contributed by atoms with van der Waals surface area (Å²) < 4.78 is 10.8. The Morgan fingerprint density at radius 2 is 2.00 bits per heavy atom. The smallest absolute Gasteiger partial charge is 0.283 e. The number of furan rings is 1. The highest BCUT2D eigenvalue weighted by molar-refractivity contribution is 5.85. The second-order valence-corrected chi connectivity index (χ2v) is 5.82. The lowest BCUT2D eigenvalue weighted by atomic mass is 10.3. The van der Waals surface area contributed by atoms with Crippen LogP contribution in [0.15, 0.2) is 27.2 Å². The van der Waals surface area contributed by atoms with Crippen LogP contribution in [0.1, 0.15) is 32.6 Å². The fraction of sp³-hybridized carbons (Fsp3) is 0.529. The van der Waals surface area contributed by atoms with E-state index in [0.29, 0.717) is 37.2 Å². The molecule has 0 spiro atoms. The van der Waals surface area contributed by atoms with Gasteiger partial charge in [0.05, 0.1) is 25.9 Å². The maximum atomic E-state index is 12.1. The lowest BCUT2D eigenvalue weighted by molar-refractivity contribution is -0.126. The monoisotopic (exact) mass is 363 g/mol. The largest absolute Gasteiger partial charge is 0.459 e. The van der Waals surface area contributed by atoms with Crippen LogP contribution >= 0.6 is 0 Å². The number of aromatic nitrogens is 2. The molecule has 0 radical (unpaired) electrons. The van der Waals surface area contributed by atoms with Gasteiger partial charge in [-0.1, -0.05) is 13.8 Å². The Labute approximate surface area is 152 Å². The first-order chi connectivity index (χ1) is 12.6. The van der Waals surface area contributed by atoms with Crippen LogP contribution in [0.2, 0.25) is 0 Å². The Morgan fingerprint density at radius 1 is 1.15 bits per heavy atom. The zero-order chi connectivity index (χ0) is 18.8. The van der Waals surface area contributed by atoms with E-state index in [1.54, 1.807) is 12.1 Å². The van der Waals surface area contributed by atoms with Gasteiger partial charge < -0.3 is 19.5 Å². The van der Waals surface area contributed by atoms with Crippen molar-refractivity contribution in [3.05, 3.63) is 24.3 Å². The van der Waals surface area contributed by atoms with E-state index >= 15 is 0 Å². The minimum Gasteiger partial charge on any atom is -0.459 e. The van der Waals surface area contributed by atoms with E-state index in [0.717, 1.165) is 12.8 Å². The number of carbonyl (C=O) groups is 2. The summed E-state index contributed by atoms with van der Waals surface area (Å²) in [5.41, 5.74) is 0. The molecule has 142 valence electrons. The molecule has 26 heavy (non-hydrogen) atoms. The van der Waals surface area contributed by atoms with Crippen LogP contribution in [0.3, 0.4) is 0 Å². The van der Waals surface area contributed by atoms with Crippen molar-refractivity contribution in [2.24, 2.45) is 0 Å². The molecule has 9 nitrogen and oxygen atoms in total. The van der Waals surface area contributed by atoms with Crippen LogP contribution in [0, 0.1) is 0 Å². The van der Waals surface area contributed by atoms with Crippen molar-refractivity contribution in [1.29, 1.82) is 0 Å². The third-order valence-corrected chi connectivity index (χ3v) is 3.48. The maximum Gasteiger partial charge on any atom is 0.283 e. The summed E-state index contributed by atoms with van der Waals surface area (Å²) in [4.78, 5) is 25.5. The molecule has 0 unspecified atom stereocenters. The van der Waals surface area contributed by atoms with E-state index in [9.17, 15) is 9.59 Å². The summed E-state index contributed by atoms with van der Waals surface area (Å²) in [6.45, 7) is 5.74. The number of nitrogens with one attached hydrogen (secondary N) is 2. The molecule has 2 heterocycles. The normalized spacial score (nSPS) is 10.9. The molecule has 0 atom stereocenters. The molecule has 0 fully saturated rings. The highest BCUT2D eigenvalue weighted by atomic mass is 16.4. The Morgan fingerprint density at radius 3 is 2.69 bits per heavy atom. The number of hydrogen-bond acceptors (Lipinski definition) is 7. The predicted octanol–water partition coefficient (Wildman–Crippen LogP) is 1.18. The topological polar surface area (TPSA) is 114 Å². The van der Waals surface area contributed by atoms with Gasteiger partial charge in [-0.2, -0.15) is 0 Å². The van der Waals surface area contributed by atoms with Gasteiger partial charge in [0.15, 0.2) is 5.76 Å². The van der Waals surface area contributed by atoms with Gasteiger partial charge in [0, 0.05) is 6.54 Å². The maximum absolute atomic E-state index is 12.1. The highest BCUT2D eigenvalue weighted by Crippen LogP contribution is 2.18. The molecule has 2 N–H and O–H groups in total. The van der Waals surface area contributed by atoms with Gasteiger partial charge in [0.1, 0.15) is 0 Å². The van der Waals surface area contributed by atoms with Gasteiger partial charge in [0.2, 0.25) is 17.7 Å². The standard InChI is InChI=1S/C17H25N5O4/c1-3-7-18-14(23)10-19-15(24)11-22(8-4-2)12-16-20-21-17(26-16)13-6-5-9-25-13/h5-6,9H,3-4,7-8,10-12H2,1-2H3,(H,18,23)(H,19,24). The van der Waals surface area contributed by atoms with Crippen LogP contribution in [0.4, 0.5) is 0 Å². The quantitative estimate of drug-likeness (QED) is 0.616. The predicted molar refractivity (Wildman–Crippen MR) is 93.9 cm³/mol. The van der Waals surface area contributed by atoms with Gasteiger partial charge in [-0.25, -0.2) is 0 Å². The molecule has 0 aliphatic rings. The van der Waals surface area contributed by atoms with E-state index in [1.807, 2.05) is 18.7 Å². The summed E-state index contributed by atoms with van der Waals surface area (Å²) in [5, 5.41) is 13.3. The lowest BCUT2D eigenvalue weighted by Gasteiger charge is -2.19. The van der Waals surface area contributed by atoms with Gasteiger partial charge in [-0.05, 0) is 31.5 Å². The number of nitrogens with zero attached hydrogens (tertiary/aromatic N) is 3. The molecule has 0 bridgehead atoms. The van der Waals surface area contributed by atoms with Crippen LogP contribution in [0.25, 0.3) is 11.7 Å². The molecule has 0 aliphatic carbocycles. The fourth-order valence-electron chi connectivity index (χ4n) is 2.30. The van der Waals surface area contributed by atoms with Gasteiger partial charge in [-0.3, -0.25) is 14.5 Å². The number of carbonyl (C=O) groups excluding carboxylic acids is 2. The van der Waals surface area contributed by atoms with Crippen LogP contribution in [-0.2, 0) is 16.1 Å². The zero-order valence-electron chi connectivity index (χ0n) is 15.2. The van der Waals surface area contributed by atoms with E-state index in [-0.39, 0.29) is 24.9 Å². The summed E-state index contributed by atoms with van der Waals surface area (Å²) in [6.07, 6.45) is 3.25. The molecule has 0 aromatic carbocycles. The van der Waals surface area contributed by atoms with E-state index in [1.165, 1.54) is 6.26 Å². The van der Waals surface area contributed by atoms with Crippen molar-refractivity contribution in [2.75, 3.05) is 26.2 Å². The molecular formula is C17H25N5O4. The Kier molecular flexibility index (Phi) is 7.81. The van der Waals surface area contributed by atoms with Crippen LogP contribution in [0.5, 0.6) is 0 Å². The highest BCUT2D eigenvalue weighted by Gasteiger charge is 2.16. The van der Waals surface area contributed by atoms with Crippen molar-refractivity contribution in [3.63, 3.8) is 0 Å². The molecule has 2 rings (SSSR count). The first-order valence-electron chi connectivity index (χ1n) is 8.74. The Balaban J connectivity index is 1.84. The second kappa shape index (κ2) is 10.3. The van der Waals surface area contributed by atoms with Crippen LogP contribution < -0.4 is 10.6 Å². The third kappa shape index (κ3) is 6.32. The molecule has 0 saturated carbocycles. The number of hydrogen-bond donors (Lipinski definition) is 2. The molecule has 2 aromatic heterocycles. The number of amides is 2. The lowest BCUT2D eigenvalue weighted by Crippen LogP contribution is -2.42. The van der Waals surface area contributed by atoms with E-state index in [2.05, 4.69) is 20.8 Å². The summed E-state index contributed by atoms with van der Waals surface area (Å²) in [7, 11) is 0. The SMILES string of the molecule is CCCNC(=O)CNC(=O)CN(CCC)Cc1nnc(-c2ccco2)o1. The Bertz CT molecular complexity index is 683. The third-order valence-electron chi connectivity index (χ3n) is 3.48. The average molecular weight is 363 g/mol. The molecule has 0 saturated heterocycles. The van der Waals surface area contributed by atoms with Gasteiger partial charge >= 0.3 is 0 Å². The minimum absolute atomic E-state index is 0.0258. The van der Waals surface area contributed by atoms with Gasteiger partial charge in [-0.15, -0.1) is 10.2 Å². The molecule has 9 heteroatoms. The first kappa shape index (κ1) is 19.6. The second-order valence-electron chi connectivity index (χ2n) is 5.82. The van der Waals surface area contributed by atoms with Crippen molar-refractivity contribution in [3.8, 4) is 11.7 Å². The van der Waals surface area contributed by atoms with Crippen LogP contribution in [-0.4, -0.2) is 53.1 Å². The number of rotatable bonds is 11.